The monoisotopic (exact) mass is 403 g/mol. The van der Waals surface area contributed by atoms with Crippen molar-refractivity contribution in [3.8, 4) is 17.0 Å². The predicted octanol–water partition coefficient (Wildman–Crippen LogP) is 3.16. The Morgan fingerprint density at radius 3 is 2.50 bits per heavy atom. The molecule has 154 valence electrons. The molecule has 0 bridgehead atoms. The van der Waals surface area contributed by atoms with E-state index in [0.29, 0.717) is 17.0 Å². The molecule has 7 heteroatoms. The third-order valence-electron chi connectivity index (χ3n) is 5.23. The minimum Gasteiger partial charge on any atom is -0.497 e. The lowest BCUT2D eigenvalue weighted by Crippen LogP contribution is -2.44. The number of methoxy groups -OCH3 is 1. The number of rotatable bonds is 5. The van der Waals surface area contributed by atoms with Crippen LogP contribution in [0.3, 0.4) is 0 Å². The van der Waals surface area contributed by atoms with Crippen LogP contribution < -0.4 is 15.0 Å². The predicted molar refractivity (Wildman–Crippen MR) is 118 cm³/mol. The van der Waals surface area contributed by atoms with Crippen molar-refractivity contribution >= 4 is 17.4 Å². The van der Waals surface area contributed by atoms with Gasteiger partial charge in [0.05, 0.1) is 12.8 Å². The van der Waals surface area contributed by atoms with Crippen molar-refractivity contribution in [2.45, 2.75) is 0 Å². The van der Waals surface area contributed by atoms with E-state index in [1.54, 1.807) is 25.3 Å². The maximum atomic E-state index is 12.6. The molecule has 1 saturated heterocycles. The van der Waals surface area contributed by atoms with Crippen molar-refractivity contribution in [3.05, 3.63) is 66.2 Å². The number of amides is 1. The summed E-state index contributed by atoms with van der Waals surface area (Å²) in [6.07, 6.45) is 0. The molecule has 7 nitrogen and oxygen atoms in total. The van der Waals surface area contributed by atoms with E-state index in [0.717, 1.165) is 43.3 Å². The summed E-state index contributed by atoms with van der Waals surface area (Å²) >= 11 is 0. The number of carbonyl (C=O) groups is 1. The van der Waals surface area contributed by atoms with Crippen molar-refractivity contribution in [1.29, 1.82) is 0 Å². The highest BCUT2D eigenvalue weighted by molar-refractivity contribution is 6.04. The minimum atomic E-state index is -0.192. The first kappa shape index (κ1) is 19.8. The van der Waals surface area contributed by atoms with Gasteiger partial charge in [-0.2, -0.15) is 0 Å². The number of nitrogens with zero attached hydrogens (tertiary/aromatic N) is 4. The summed E-state index contributed by atoms with van der Waals surface area (Å²) < 4.78 is 5.19. The summed E-state index contributed by atoms with van der Waals surface area (Å²) in [5, 5.41) is 11.8. The molecule has 1 aliphatic heterocycles. The highest BCUT2D eigenvalue weighted by Crippen LogP contribution is 2.23. The van der Waals surface area contributed by atoms with Gasteiger partial charge in [0.15, 0.2) is 5.82 Å². The lowest BCUT2D eigenvalue weighted by Gasteiger charge is -2.32. The topological polar surface area (TPSA) is 70.6 Å². The van der Waals surface area contributed by atoms with E-state index >= 15 is 0 Å². The zero-order chi connectivity index (χ0) is 20.9. The molecule has 1 fully saturated rings. The quantitative estimate of drug-likeness (QED) is 0.706. The molecule has 0 atom stereocenters. The fraction of sp³-hybridized carbons (Fsp3) is 0.261. The first-order chi connectivity index (χ1) is 14.6. The summed E-state index contributed by atoms with van der Waals surface area (Å²) in [5.74, 6) is 1.35. The number of aromatic nitrogens is 2. The third-order valence-corrected chi connectivity index (χ3v) is 5.23. The van der Waals surface area contributed by atoms with Crippen LogP contribution >= 0.6 is 0 Å². The Bertz CT molecular complexity index is 1010. The van der Waals surface area contributed by atoms with Crippen molar-refractivity contribution < 1.29 is 9.53 Å². The second-order valence-corrected chi connectivity index (χ2v) is 7.33. The van der Waals surface area contributed by atoms with E-state index in [-0.39, 0.29) is 5.91 Å². The number of carbonyl (C=O) groups excluding carboxylic acids is 1. The molecule has 1 amide bonds. The molecule has 1 aliphatic rings. The summed E-state index contributed by atoms with van der Waals surface area (Å²) in [4.78, 5) is 17.1. The standard InChI is InChI=1S/C23H25N5O2/c1-27-11-13-28(14-12-27)22-10-9-21(25-26-22)17-5-3-7-19(15-17)24-23(29)18-6-4-8-20(16-18)30-2/h3-10,15-16H,11-14H2,1-2H3,(H,24,29). The number of ether oxygens (including phenoxy) is 1. The Morgan fingerprint density at radius 1 is 0.967 bits per heavy atom. The van der Waals surface area contributed by atoms with Gasteiger partial charge in [0.1, 0.15) is 5.75 Å². The Kier molecular flexibility index (Phi) is 5.90. The van der Waals surface area contributed by atoms with Gasteiger partial charge in [-0.3, -0.25) is 4.79 Å². The van der Waals surface area contributed by atoms with Gasteiger partial charge in [-0.15, -0.1) is 10.2 Å². The smallest absolute Gasteiger partial charge is 0.255 e. The minimum absolute atomic E-state index is 0.192. The number of anilines is 2. The molecular weight excluding hydrogens is 378 g/mol. The van der Waals surface area contributed by atoms with Gasteiger partial charge >= 0.3 is 0 Å². The number of piperazine rings is 1. The van der Waals surface area contributed by atoms with Crippen LogP contribution in [0.2, 0.25) is 0 Å². The molecule has 2 aromatic carbocycles. The number of hydrogen-bond acceptors (Lipinski definition) is 6. The van der Waals surface area contributed by atoms with Crippen LogP contribution in [0.1, 0.15) is 10.4 Å². The van der Waals surface area contributed by atoms with Gasteiger partial charge in [-0.1, -0.05) is 18.2 Å². The average Bonchev–Trinajstić information content (AvgIpc) is 2.80. The van der Waals surface area contributed by atoms with Crippen molar-refractivity contribution in [2.24, 2.45) is 0 Å². The molecule has 1 N–H and O–H groups in total. The SMILES string of the molecule is COc1cccc(C(=O)Nc2cccc(-c3ccc(N4CCN(C)CC4)nn3)c2)c1. The molecule has 0 saturated carbocycles. The Hall–Kier alpha value is -3.45. The second kappa shape index (κ2) is 8.92. The van der Waals surface area contributed by atoms with Gasteiger partial charge in [0, 0.05) is 43.0 Å². The summed E-state index contributed by atoms with van der Waals surface area (Å²) in [7, 11) is 3.71. The molecule has 2 heterocycles. The zero-order valence-corrected chi connectivity index (χ0v) is 17.2. The third kappa shape index (κ3) is 4.58. The first-order valence-electron chi connectivity index (χ1n) is 9.95. The van der Waals surface area contributed by atoms with Crippen molar-refractivity contribution in [2.75, 3.05) is 50.6 Å². The van der Waals surface area contributed by atoms with Gasteiger partial charge < -0.3 is 19.9 Å². The normalized spacial score (nSPS) is 14.4. The summed E-state index contributed by atoms with van der Waals surface area (Å²) in [5.41, 5.74) is 2.91. The Balaban J connectivity index is 1.47. The van der Waals surface area contributed by atoms with Crippen LogP contribution in [0.5, 0.6) is 5.75 Å². The number of likely N-dealkylation sites (N-methyl/N-ethyl adjacent to an activating group) is 1. The fourth-order valence-electron chi connectivity index (χ4n) is 3.41. The van der Waals surface area contributed by atoms with Crippen LogP contribution in [0, 0.1) is 0 Å². The van der Waals surface area contributed by atoms with E-state index in [4.69, 9.17) is 4.74 Å². The van der Waals surface area contributed by atoms with Crippen LogP contribution in [0.25, 0.3) is 11.3 Å². The maximum absolute atomic E-state index is 12.6. The zero-order valence-electron chi connectivity index (χ0n) is 17.2. The first-order valence-corrected chi connectivity index (χ1v) is 9.95. The second-order valence-electron chi connectivity index (χ2n) is 7.33. The van der Waals surface area contributed by atoms with Crippen LogP contribution in [0.15, 0.2) is 60.7 Å². The summed E-state index contributed by atoms with van der Waals surface area (Å²) in [6, 6.07) is 18.7. The van der Waals surface area contributed by atoms with Crippen LogP contribution in [0.4, 0.5) is 11.5 Å². The van der Waals surface area contributed by atoms with Gasteiger partial charge in [-0.05, 0) is 49.5 Å². The van der Waals surface area contributed by atoms with Crippen LogP contribution in [-0.2, 0) is 0 Å². The summed E-state index contributed by atoms with van der Waals surface area (Å²) in [6.45, 7) is 3.96. The van der Waals surface area contributed by atoms with Crippen LogP contribution in [-0.4, -0.2) is 61.3 Å². The molecule has 0 radical (unpaired) electrons. The molecule has 30 heavy (non-hydrogen) atoms. The Morgan fingerprint density at radius 2 is 1.77 bits per heavy atom. The lowest BCUT2D eigenvalue weighted by molar-refractivity contribution is 0.102. The van der Waals surface area contributed by atoms with E-state index in [1.165, 1.54) is 0 Å². The van der Waals surface area contributed by atoms with Crippen molar-refractivity contribution in [3.63, 3.8) is 0 Å². The molecule has 3 aromatic rings. The fourth-order valence-corrected chi connectivity index (χ4v) is 3.41. The van der Waals surface area contributed by atoms with Gasteiger partial charge in [0.2, 0.25) is 0 Å². The highest BCUT2D eigenvalue weighted by Gasteiger charge is 2.16. The van der Waals surface area contributed by atoms with Crippen molar-refractivity contribution in [1.82, 2.24) is 15.1 Å². The van der Waals surface area contributed by atoms with E-state index in [9.17, 15) is 4.79 Å². The molecule has 0 aliphatic carbocycles. The number of nitrogens with one attached hydrogen (secondary N) is 1. The van der Waals surface area contributed by atoms with Gasteiger partial charge in [0.25, 0.3) is 5.91 Å². The molecule has 4 rings (SSSR count). The largest absolute Gasteiger partial charge is 0.497 e. The molecular formula is C23H25N5O2. The van der Waals surface area contributed by atoms with Gasteiger partial charge in [-0.25, -0.2) is 0 Å². The Labute approximate surface area is 176 Å². The average molecular weight is 403 g/mol. The number of benzene rings is 2. The highest BCUT2D eigenvalue weighted by atomic mass is 16.5. The van der Waals surface area contributed by atoms with E-state index in [1.807, 2.05) is 42.5 Å². The number of hydrogen-bond donors (Lipinski definition) is 1. The van der Waals surface area contributed by atoms with E-state index in [2.05, 4.69) is 32.4 Å². The maximum Gasteiger partial charge on any atom is 0.255 e. The van der Waals surface area contributed by atoms with E-state index < -0.39 is 0 Å². The molecule has 0 unspecified atom stereocenters. The molecule has 1 aromatic heterocycles. The molecule has 0 spiro atoms. The lowest BCUT2D eigenvalue weighted by atomic mass is 10.1.